The van der Waals surface area contributed by atoms with E-state index in [4.69, 9.17) is 9.15 Å². The van der Waals surface area contributed by atoms with Crippen molar-refractivity contribution in [3.8, 4) is 11.3 Å². The van der Waals surface area contributed by atoms with Crippen LogP contribution in [-0.2, 0) is 19.6 Å². The van der Waals surface area contributed by atoms with Gasteiger partial charge in [-0.3, -0.25) is 13.9 Å². The van der Waals surface area contributed by atoms with Gasteiger partial charge in [-0.2, -0.15) is 0 Å². The highest BCUT2D eigenvalue weighted by atomic mass is 32.2. The first kappa shape index (κ1) is 24.7. The van der Waals surface area contributed by atoms with E-state index >= 15 is 0 Å². The van der Waals surface area contributed by atoms with Crippen LogP contribution in [0.4, 0.5) is 10.1 Å². The summed E-state index contributed by atoms with van der Waals surface area (Å²) in [5.41, 5.74) is 1.75. The van der Waals surface area contributed by atoms with Crippen molar-refractivity contribution in [2.75, 3.05) is 38.2 Å². The quantitative estimate of drug-likeness (QED) is 0.587. The van der Waals surface area contributed by atoms with Crippen LogP contribution in [0.5, 0.6) is 0 Å². The van der Waals surface area contributed by atoms with E-state index in [2.05, 4.69) is 5.32 Å². The lowest BCUT2D eigenvalue weighted by molar-refractivity contribution is -0.143. The highest BCUT2D eigenvalue weighted by Crippen LogP contribution is 2.42. The van der Waals surface area contributed by atoms with Crippen LogP contribution in [0.3, 0.4) is 0 Å². The van der Waals surface area contributed by atoms with E-state index in [1.54, 1.807) is 27.1 Å². The zero-order valence-electron chi connectivity index (χ0n) is 20.0. The van der Waals surface area contributed by atoms with Gasteiger partial charge in [0.25, 0.3) is 11.8 Å². The van der Waals surface area contributed by atoms with Crippen molar-refractivity contribution in [2.45, 2.75) is 19.1 Å². The first-order valence-electron chi connectivity index (χ1n) is 10.8. The van der Waals surface area contributed by atoms with Crippen LogP contribution in [0.1, 0.15) is 28.9 Å². The standard InChI is InChI=1S/C24H26FN3O6S/c1-13-16-10-17-19(34-22(21(17)23(29)26-2)14-6-8-15(25)9-7-14)11-18(16)28(35(5,31)32)12-20(33-13)24(30)27(3)4/h6-11,13,20H,12H2,1-5H3,(H,26,29). The number of rotatable bonds is 4. The van der Waals surface area contributed by atoms with Crippen molar-refractivity contribution in [3.05, 3.63) is 53.3 Å². The number of hydrogen-bond acceptors (Lipinski definition) is 6. The summed E-state index contributed by atoms with van der Waals surface area (Å²) in [5, 5.41) is 3.03. The number of benzene rings is 2. The molecular weight excluding hydrogens is 477 g/mol. The third-order valence-electron chi connectivity index (χ3n) is 5.92. The molecule has 2 heterocycles. The molecule has 3 aromatic rings. The number of amides is 2. The first-order chi connectivity index (χ1) is 16.4. The summed E-state index contributed by atoms with van der Waals surface area (Å²) in [7, 11) is 0.809. The third-order valence-corrected chi connectivity index (χ3v) is 7.07. The molecule has 9 nitrogen and oxygen atoms in total. The summed E-state index contributed by atoms with van der Waals surface area (Å²) in [6.07, 6.45) is -0.644. The fourth-order valence-corrected chi connectivity index (χ4v) is 5.12. The summed E-state index contributed by atoms with van der Waals surface area (Å²) < 4.78 is 52.2. The van der Waals surface area contributed by atoms with Crippen molar-refractivity contribution in [2.24, 2.45) is 0 Å². The van der Waals surface area contributed by atoms with E-state index in [-0.39, 0.29) is 29.4 Å². The Kier molecular flexibility index (Phi) is 6.32. The lowest BCUT2D eigenvalue weighted by Gasteiger charge is -2.25. The Morgan fingerprint density at radius 3 is 2.40 bits per heavy atom. The summed E-state index contributed by atoms with van der Waals surface area (Å²) >= 11 is 0. The Balaban J connectivity index is 1.97. The molecule has 2 atom stereocenters. The molecule has 4 rings (SSSR count). The van der Waals surface area contributed by atoms with Gasteiger partial charge in [0, 0.05) is 43.7 Å². The number of ether oxygens (including phenoxy) is 1. The van der Waals surface area contributed by atoms with Gasteiger partial charge in [-0.1, -0.05) is 0 Å². The second kappa shape index (κ2) is 8.97. The second-order valence-corrected chi connectivity index (χ2v) is 10.5. The molecular formula is C24H26FN3O6S. The Labute approximate surface area is 202 Å². The van der Waals surface area contributed by atoms with E-state index in [1.165, 1.54) is 42.3 Å². The second-order valence-electron chi connectivity index (χ2n) is 8.59. The third kappa shape index (κ3) is 4.48. The van der Waals surface area contributed by atoms with Gasteiger partial charge in [0.15, 0.2) is 6.10 Å². The van der Waals surface area contributed by atoms with E-state index in [0.29, 0.717) is 22.2 Å². The van der Waals surface area contributed by atoms with Gasteiger partial charge in [0.2, 0.25) is 10.0 Å². The predicted molar refractivity (Wildman–Crippen MR) is 129 cm³/mol. The van der Waals surface area contributed by atoms with Crippen molar-refractivity contribution in [1.29, 1.82) is 0 Å². The topological polar surface area (TPSA) is 109 Å². The van der Waals surface area contributed by atoms with Crippen LogP contribution in [-0.4, -0.2) is 65.2 Å². The molecule has 1 aliphatic heterocycles. The maximum absolute atomic E-state index is 13.5. The molecule has 1 N–H and O–H groups in total. The number of sulfonamides is 1. The predicted octanol–water partition coefficient (Wildman–Crippen LogP) is 2.91. The van der Waals surface area contributed by atoms with E-state index in [1.807, 2.05) is 0 Å². The Hall–Kier alpha value is -3.44. The Bertz CT molecular complexity index is 1420. The number of carbonyl (C=O) groups excluding carboxylic acids is 2. The number of nitrogens with zero attached hydrogens (tertiary/aromatic N) is 2. The monoisotopic (exact) mass is 503 g/mol. The lowest BCUT2D eigenvalue weighted by Crippen LogP contribution is -2.44. The summed E-state index contributed by atoms with van der Waals surface area (Å²) in [4.78, 5) is 26.9. The molecule has 0 aliphatic carbocycles. The Morgan fingerprint density at radius 1 is 1.17 bits per heavy atom. The SMILES string of the molecule is CNC(=O)c1c(-c2ccc(F)cc2)oc2cc3c(cc12)C(C)OC(C(=O)N(C)C)CN3S(C)(=O)=O. The molecule has 0 bridgehead atoms. The zero-order chi connectivity index (χ0) is 25.7. The average Bonchev–Trinajstić information content (AvgIpc) is 3.10. The van der Waals surface area contributed by atoms with Gasteiger partial charge in [-0.25, -0.2) is 12.8 Å². The molecule has 2 amide bonds. The van der Waals surface area contributed by atoms with Gasteiger partial charge in [-0.05, 0) is 37.3 Å². The molecule has 11 heteroatoms. The van der Waals surface area contributed by atoms with Gasteiger partial charge in [0.1, 0.15) is 17.2 Å². The maximum Gasteiger partial charge on any atom is 0.255 e. The van der Waals surface area contributed by atoms with Crippen LogP contribution in [0, 0.1) is 5.82 Å². The van der Waals surface area contributed by atoms with Crippen LogP contribution < -0.4 is 9.62 Å². The number of hydrogen-bond donors (Lipinski definition) is 1. The molecule has 0 saturated carbocycles. The summed E-state index contributed by atoms with van der Waals surface area (Å²) in [6.45, 7) is 1.50. The molecule has 0 spiro atoms. The van der Waals surface area contributed by atoms with Gasteiger partial charge < -0.3 is 19.4 Å². The molecule has 35 heavy (non-hydrogen) atoms. The van der Waals surface area contributed by atoms with Crippen molar-refractivity contribution in [3.63, 3.8) is 0 Å². The molecule has 0 fully saturated rings. The fourth-order valence-electron chi connectivity index (χ4n) is 4.20. The van der Waals surface area contributed by atoms with Crippen molar-refractivity contribution < 1.29 is 31.6 Å². The number of nitrogens with one attached hydrogen (secondary N) is 1. The normalized spacial score (nSPS) is 18.2. The van der Waals surface area contributed by atoms with Gasteiger partial charge >= 0.3 is 0 Å². The van der Waals surface area contributed by atoms with E-state index in [9.17, 15) is 22.4 Å². The van der Waals surface area contributed by atoms with Crippen LogP contribution in [0.15, 0.2) is 40.8 Å². The minimum atomic E-state index is -3.81. The van der Waals surface area contributed by atoms with Crippen LogP contribution in [0.2, 0.25) is 0 Å². The van der Waals surface area contributed by atoms with Crippen molar-refractivity contribution in [1.82, 2.24) is 10.2 Å². The summed E-state index contributed by atoms with van der Waals surface area (Å²) in [6, 6.07) is 8.70. The number of fused-ring (bicyclic) bond motifs is 2. The molecule has 2 aromatic carbocycles. The largest absolute Gasteiger partial charge is 0.455 e. The smallest absolute Gasteiger partial charge is 0.255 e. The molecule has 1 aliphatic rings. The van der Waals surface area contributed by atoms with E-state index < -0.39 is 34.0 Å². The highest BCUT2D eigenvalue weighted by Gasteiger charge is 2.37. The molecule has 1 aromatic heterocycles. The zero-order valence-corrected chi connectivity index (χ0v) is 20.8. The highest BCUT2D eigenvalue weighted by molar-refractivity contribution is 7.92. The first-order valence-corrected chi connectivity index (χ1v) is 12.7. The fraction of sp³-hybridized carbons (Fsp3) is 0.333. The number of halogens is 1. The summed E-state index contributed by atoms with van der Waals surface area (Å²) in [5.74, 6) is -1.01. The van der Waals surface area contributed by atoms with E-state index in [0.717, 1.165) is 10.6 Å². The van der Waals surface area contributed by atoms with Crippen molar-refractivity contribution >= 4 is 38.5 Å². The van der Waals surface area contributed by atoms with Crippen LogP contribution in [0.25, 0.3) is 22.3 Å². The maximum atomic E-state index is 13.5. The van der Waals surface area contributed by atoms with Gasteiger partial charge in [-0.15, -0.1) is 0 Å². The number of carbonyl (C=O) groups is 2. The Morgan fingerprint density at radius 2 is 1.83 bits per heavy atom. The molecule has 0 radical (unpaired) electrons. The minimum absolute atomic E-state index is 0.216. The number of anilines is 1. The molecule has 186 valence electrons. The van der Waals surface area contributed by atoms with Gasteiger partial charge in [0.05, 0.1) is 30.2 Å². The molecule has 0 saturated heterocycles. The molecule has 2 unspecified atom stereocenters. The number of likely N-dealkylation sites (N-methyl/N-ethyl adjacent to an activating group) is 1. The lowest BCUT2D eigenvalue weighted by atomic mass is 10.0. The minimum Gasteiger partial charge on any atom is -0.455 e. The van der Waals surface area contributed by atoms with Crippen LogP contribution >= 0.6 is 0 Å². The number of furan rings is 1. The average molecular weight is 504 g/mol.